The second-order valence-electron chi connectivity index (χ2n) is 2.64. The third kappa shape index (κ3) is 8.42. The minimum Gasteiger partial charge on any atom is -0.607 e. The molecule has 0 fully saturated rings. The molecule has 0 aromatic carbocycles. The van der Waals surface area contributed by atoms with Crippen LogP contribution in [0, 0.1) is 0 Å². The van der Waals surface area contributed by atoms with Gasteiger partial charge in [-0.3, -0.25) is 0 Å². The molecule has 0 aliphatic heterocycles. The van der Waals surface area contributed by atoms with Crippen LogP contribution in [0.3, 0.4) is 0 Å². The zero-order valence-corrected chi connectivity index (χ0v) is 8.36. The first kappa shape index (κ1) is 13.0. The molecule has 4 heteroatoms. The Labute approximate surface area is 81.9 Å². The van der Waals surface area contributed by atoms with Gasteiger partial charge in [-0.15, -0.1) is 0 Å². The number of hydrogen-bond acceptors (Lipinski definition) is 2. The molecule has 10 heavy (non-hydrogen) atoms. The first-order chi connectivity index (χ1) is 3.95. The van der Waals surface area contributed by atoms with Crippen molar-refractivity contribution in [3.8, 4) is 0 Å². The molecule has 54 valence electrons. The monoisotopic (exact) mass is 200 g/mol. The SMILES string of the molecule is CC(C)(C)O/C([O-])=C\Br.[Li+]. The molecule has 0 aliphatic rings. The Balaban J connectivity index is 0. The fourth-order valence-corrected chi connectivity index (χ4v) is 0.418. The van der Waals surface area contributed by atoms with E-state index in [0.717, 1.165) is 0 Å². The molecule has 0 bridgehead atoms. The fourth-order valence-electron chi connectivity index (χ4n) is 0.324. The molecule has 0 saturated heterocycles. The van der Waals surface area contributed by atoms with Crippen molar-refractivity contribution in [2.24, 2.45) is 0 Å². The zero-order valence-electron chi connectivity index (χ0n) is 6.77. The first-order valence-electron chi connectivity index (χ1n) is 2.62. The summed E-state index contributed by atoms with van der Waals surface area (Å²) in [5.74, 6) is -0.345. The summed E-state index contributed by atoms with van der Waals surface area (Å²) in [6.45, 7) is 5.46. The molecule has 0 aromatic rings. The van der Waals surface area contributed by atoms with E-state index in [4.69, 9.17) is 4.74 Å². The standard InChI is InChI=1S/C6H11BrO2.Li/c1-6(2,3)9-5(8)4-7;/h4,8H,1-3H3;/q;+1/p-1/b5-4-;. The molecule has 0 aromatic heterocycles. The first-order valence-corrected chi connectivity index (χ1v) is 3.53. The fraction of sp³-hybridized carbons (Fsp3) is 0.667. The molecule has 0 rings (SSSR count). The van der Waals surface area contributed by atoms with E-state index in [1.165, 1.54) is 4.99 Å². The van der Waals surface area contributed by atoms with Gasteiger partial charge in [0.1, 0.15) is 0 Å². The largest absolute Gasteiger partial charge is 1.00 e. The van der Waals surface area contributed by atoms with Crippen LogP contribution in [-0.4, -0.2) is 5.60 Å². The normalized spacial score (nSPS) is 12.2. The van der Waals surface area contributed by atoms with Gasteiger partial charge in [0.2, 0.25) is 0 Å². The maximum atomic E-state index is 10.5. The van der Waals surface area contributed by atoms with E-state index in [-0.39, 0.29) is 30.4 Å². The Morgan fingerprint density at radius 3 is 2.00 bits per heavy atom. The number of rotatable bonds is 1. The van der Waals surface area contributed by atoms with Gasteiger partial charge in [0.25, 0.3) is 0 Å². The van der Waals surface area contributed by atoms with Gasteiger partial charge in [0.15, 0.2) is 0 Å². The van der Waals surface area contributed by atoms with Crippen LogP contribution >= 0.6 is 15.9 Å². The maximum absolute atomic E-state index is 10.5. The van der Waals surface area contributed by atoms with Crippen LogP contribution in [0.5, 0.6) is 0 Å². The second kappa shape index (κ2) is 5.12. The topological polar surface area (TPSA) is 32.3 Å². The summed E-state index contributed by atoms with van der Waals surface area (Å²) in [6, 6.07) is 0. The van der Waals surface area contributed by atoms with E-state index in [9.17, 15) is 5.11 Å². The molecular weight excluding hydrogens is 191 g/mol. The molecule has 0 amide bonds. The summed E-state index contributed by atoms with van der Waals surface area (Å²) in [5.41, 5.74) is -0.388. The van der Waals surface area contributed by atoms with Crippen molar-refractivity contribution in [3.63, 3.8) is 0 Å². The quantitative estimate of drug-likeness (QED) is 0.376. The number of ether oxygens (including phenoxy) is 1. The summed E-state index contributed by atoms with van der Waals surface area (Å²) in [6.07, 6.45) is 0. The Bertz CT molecular complexity index is 117. The molecule has 0 radical (unpaired) electrons. The third-order valence-corrected chi connectivity index (χ3v) is 0.870. The smallest absolute Gasteiger partial charge is 0.607 e. The van der Waals surface area contributed by atoms with Crippen molar-refractivity contribution in [1.29, 1.82) is 0 Å². The predicted octanol–water partition coefficient (Wildman–Crippen LogP) is -1.64. The van der Waals surface area contributed by atoms with E-state index < -0.39 is 0 Å². The van der Waals surface area contributed by atoms with Crippen molar-refractivity contribution >= 4 is 15.9 Å². The molecule has 0 aliphatic carbocycles. The molecule has 0 saturated carbocycles. The maximum Gasteiger partial charge on any atom is 1.00 e. The van der Waals surface area contributed by atoms with Gasteiger partial charge in [-0.05, 0) is 0 Å². The van der Waals surface area contributed by atoms with Crippen LogP contribution in [0.15, 0.2) is 10.9 Å². The Morgan fingerprint density at radius 2 is 1.90 bits per heavy atom. The molecule has 0 heterocycles. The molecule has 0 spiro atoms. The van der Waals surface area contributed by atoms with Crippen LogP contribution in [0.1, 0.15) is 20.8 Å². The van der Waals surface area contributed by atoms with Gasteiger partial charge < -0.3 is 9.84 Å². The van der Waals surface area contributed by atoms with Gasteiger partial charge in [0.05, 0.1) is 5.95 Å². The van der Waals surface area contributed by atoms with Crippen molar-refractivity contribution in [3.05, 3.63) is 10.9 Å². The summed E-state index contributed by atoms with van der Waals surface area (Å²) >= 11 is 2.87. The van der Waals surface area contributed by atoms with Gasteiger partial charge >= 0.3 is 18.9 Å². The Morgan fingerprint density at radius 1 is 1.50 bits per heavy atom. The van der Waals surface area contributed by atoms with Gasteiger partial charge in [0, 0.05) is 10.6 Å². The van der Waals surface area contributed by atoms with E-state index in [0.29, 0.717) is 0 Å². The van der Waals surface area contributed by atoms with E-state index in [1.54, 1.807) is 0 Å². The molecule has 0 atom stereocenters. The molecular formula is C6H10BrLiO2. The van der Waals surface area contributed by atoms with Crippen LogP contribution in [0.25, 0.3) is 0 Å². The van der Waals surface area contributed by atoms with E-state index in [1.807, 2.05) is 20.8 Å². The second-order valence-corrected chi connectivity index (χ2v) is 3.10. The molecule has 0 unspecified atom stereocenters. The number of halogens is 1. The minimum atomic E-state index is -0.388. The van der Waals surface area contributed by atoms with Crippen LogP contribution in [0.4, 0.5) is 0 Å². The van der Waals surface area contributed by atoms with E-state index in [2.05, 4.69) is 15.9 Å². The van der Waals surface area contributed by atoms with Gasteiger partial charge in [-0.25, -0.2) is 0 Å². The summed E-state index contributed by atoms with van der Waals surface area (Å²) < 4.78 is 4.85. The van der Waals surface area contributed by atoms with E-state index >= 15 is 0 Å². The molecule has 0 N–H and O–H groups in total. The predicted molar refractivity (Wildman–Crippen MR) is 37.8 cm³/mol. The summed E-state index contributed by atoms with van der Waals surface area (Å²) in [7, 11) is 0. The van der Waals surface area contributed by atoms with Crippen LogP contribution in [-0.2, 0) is 4.74 Å². The van der Waals surface area contributed by atoms with Crippen molar-refractivity contribution < 1.29 is 28.7 Å². The number of hydrogen-bond donors (Lipinski definition) is 0. The van der Waals surface area contributed by atoms with Gasteiger partial charge in [-0.1, -0.05) is 36.7 Å². The minimum absolute atomic E-state index is 0. The summed E-state index contributed by atoms with van der Waals surface area (Å²) in [4.78, 5) is 1.22. The molecule has 2 nitrogen and oxygen atoms in total. The summed E-state index contributed by atoms with van der Waals surface area (Å²) in [5, 5.41) is 10.5. The van der Waals surface area contributed by atoms with Crippen LogP contribution in [0.2, 0.25) is 0 Å². The van der Waals surface area contributed by atoms with Gasteiger partial charge in [-0.2, -0.15) is 0 Å². The zero-order chi connectivity index (χ0) is 7.49. The van der Waals surface area contributed by atoms with Crippen LogP contribution < -0.4 is 24.0 Å². The average Bonchev–Trinajstić information content (AvgIpc) is 1.62. The third-order valence-electron chi connectivity index (χ3n) is 0.496. The van der Waals surface area contributed by atoms with Crippen molar-refractivity contribution in [1.82, 2.24) is 0 Å². The van der Waals surface area contributed by atoms with Crippen molar-refractivity contribution in [2.75, 3.05) is 0 Å². The average molecular weight is 201 g/mol. The Kier molecular flexibility index (Phi) is 6.67. The Hall–Kier alpha value is 0.417. The van der Waals surface area contributed by atoms with Crippen molar-refractivity contribution in [2.45, 2.75) is 26.4 Å².